The number of carbonyl (C=O) groups is 2. The topological polar surface area (TPSA) is 67.4 Å². The van der Waals surface area contributed by atoms with Crippen molar-refractivity contribution in [3.05, 3.63) is 48.6 Å². The molecule has 2 amide bonds. The molecular weight excluding hydrogens is 280 g/mol. The molecule has 0 heterocycles. The van der Waals surface area contributed by atoms with Crippen LogP contribution in [0.2, 0.25) is 0 Å². The fourth-order valence-corrected chi connectivity index (χ4v) is 1.66. The Morgan fingerprint density at radius 2 is 2.00 bits per heavy atom. The van der Waals surface area contributed by atoms with Crippen LogP contribution >= 0.6 is 0 Å². The molecule has 5 heteroatoms. The Morgan fingerprint density at radius 1 is 1.32 bits per heavy atom. The Morgan fingerprint density at radius 3 is 2.59 bits per heavy atom. The first-order chi connectivity index (χ1) is 10.6. The molecule has 1 aromatic rings. The van der Waals surface area contributed by atoms with E-state index in [2.05, 4.69) is 17.2 Å². The number of nitrogens with one attached hydrogen (secondary N) is 2. The van der Waals surface area contributed by atoms with E-state index in [1.54, 1.807) is 19.1 Å². The van der Waals surface area contributed by atoms with Gasteiger partial charge in [0.25, 0.3) is 0 Å². The summed E-state index contributed by atoms with van der Waals surface area (Å²) in [5, 5.41) is 5.25. The van der Waals surface area contributed by atoms with E-state index in [0.29, 0.717) is 13.2 Å². The summed E-state index contributed by atoms with van der Waals surface area (Å²) in [6, 6.07) is 6.76. The maximum absolute atomic E-state index is 11.7. The lowest BCUT2D eigenvalue weighted by Gasteiger charge is -2.11. The predicted octanol–water partition coefficient (Wildman–Crippen LogP) is 1.91. The molecule has 0 saturated carbocycles. The first-order valence-electron chi connectivity index (χ1n) is 7.16. The van der Waals surface area contributed by atoms with Crippen molar-refractivity contribution in [1.29, 1.82) is 0 Å². The molecule has 118 valence electrons. The molecule has 0 fully saturated rings. The van der Waals surface area contributed by atoms with E-state index in [1.165, 1.54) is 6.08 Å². The van der Waals surface area contributed by atoms with Crippen LogP contribution in [-0.2, 0) is 9.59 Å². The number of hydrogen-bond acceptors (Lipinski definition) is 3. The van der Waals surface area contributed by atoms with Gasteiger partial charge in [-0.15, -0.1) is 0 Å². The van der Waals surface area contributed by atoms with E-state index in [9.17, 15) is 9.59 Å². The fourth-order valence-electron chi connectivity index (χ4n) is 1.66. The van der Waals surface area contributed by atoms with Crippen molar-refractivity contribution in [1.82, 2.24) is 10.6 Å². The number of amides is 2. The van der Waals surface area contributed by atoms with Gasteiger partial charge >= 0.3 is 0 Å². The molecule has 0 aromatic heterocycles. The lowest BCUT2D eigenvalue weighted by molar-refractivity contribution is -0.126. The Kier molecular flexibility index (Phi) is 7.47. The van der Waals surface area contributed by atoms with E-state index < -0.39 is 6.04 Å². The number of likely N-dealkylation sites (N-methyl/N-ethyl adjacent to an activating group) is 1. The highest BCUT2D eigenvalue weighted by Gasteiger charge is 2.12. The third kappa shape index (κ3) is 6.26. The zero-order valence-corrected chi connectivity index (χ0v) is 13.0. The summed E-state index contributed by atoms with van der Waals surface area (Å²) in [4.78, 5) is 23.2. The zero-order chi connectivity index (χ0) is 16.4. The van der Waals surface area contributed by atoms with E-state index in [-0.39, 0.29) is 11.8 Å². The van der Waals surface area contributed by atoms with Crippen LogP contribution in [0, 0.1) is 0 Å². The van der Waals surface area contributed by atoms with Gasteiger partial charge in [0.2, 0.25) is 11.8 Å². The highest BCUT2D eigenvalue weighted by Crippen LogP contribution is 2.13. The first-order valence-corrected chi connectivity index (χ1v) is 7.16. The summed E-state index contributed by atoms with van der Waals surface area (Å²) in [7, 11) is 0. The molecular formula is C17H22N2O3. The van der Waals surface area contributed by atoms with Gasteiger partial charge in [0, 0.05) is 12.6 Å². The lowest BCUT2D eigenvalue weighted by Crippen LogP contribution is -2.44. The van der Waals surface area contributed by atoms with Crippen molar-refractivity contribution in [3.63, 3.8) is 0 Å². The molecule has 0 spiro atoms. The molecule has 0 aliphatic heterocycles. The monoisotopic (exact) mass is 302 g/mol. The minimum absolute atomic E-state index is 0.201. The second-order valence-electron chi connectivity index (χ2n) is 4.63. The van der Waals surface area contributed by atoms with Gasteiger partial charge in [-0.25, -0.2) is 0 Å². The lowest BCUT2D eigenvalue weighted by atomic mass is 10.2. The molecule has 0 radical (unpaired) electrons. The largest absolute Gasteiger partial charge is 0.490 e. The van der Waals surface area contributed by atoms with Crippen molar-refractivity contribution in [2.45, 2.75) is 19.9 Å². The van der Waals surface area contributed by atoms with Crippen LogP contribution < -0.4 is 15.4 Å². The maximum atomic E-state index is 11.7. The summed E-state index contributed by atoms with van der Waals surface area (Å²) in [5.41, 5.74) is 0.867. The second-order valence-corrected chi connectivity index (χ2v) is 4.63. The second kappa shape index (κ2) is 9.39. The van der Waals surface area contributed by atoms with Crippen LogP contribution in [-0.4, -0.2) is 31.0 Å². The number of ether oxygens (including phenoxy) is 1. The van der Waals surface area contributed by atoms with Gasteiger partial charge in [0.05, 0.1) is 0 Å². The highest BCUT2D eigenvalue weighted by molar-refractivity contribution is 5.95. The molecule has 1 aromatic carbocycles. The van der Waals surface area contributed by atoms with Gasteiger partial charge in [-0.05, 0) is 37.6 Å². The summed E-state index contributed by atoms with van der Waals surface area (Å²) < 4.78 is 5.37. The normalized spacial score (nSPS) is 11.7. The maximum Gasteiger partial charge on any atom is 0.244 e. The summed E-state index contributed by atoms with van der Waals surface area (Å²) in [6.07, 6.45) is 4.75. The standard InChI is InChI=1S/C17H22N2O3/c1-4-12-22-15-9-6-14(7-10-15)8-11-16(20)19-13(3)17(21)18-5-2/h4,6-11,13H,1,5,12H2,2-3H3,(H,18,21)(H,19,20)/b11-8+/t13-/m1/s1. The van der Waals surface area contributed by atoms with Crippen molar-refractivity contribution >= 4 is 17.9 Å². The van der Waals surface area contributed by atoms with Crippen LogP contribution in [0.5, 0.6) is 5.75 Å². The van der Waals surface area contributed by atoms with Crippen LogP contribution in [0.4, 0.5) is 0 Å². The average molecular weight is 302 g/mol. The Labute approximate surface area is 131 Å². The third-order valence-corrected chi connectivity index (χ3v) is 2.78. The third-order valence-electron chi connectivity index (χ3n) is 2.78. The molecule has 0 aliphatic carbocycles. The van der Waals surface area contributed by atoms with Crippen LogP contribution in [0.15, 0.2) is 43.0 Å². The summed E-state index contributed by atoms with van der Waals surface area (Å²) in [5.74, 6) is 0.227. The molecule has 1 atom stereocenters. The van der Waals surface area contributed by atoms with Gasteiger partial charge in [0.15, 0.2) is 0 Å². The van der Waals surface area contributed by atoms with Crippen molar-refractivity contribution in [2.24, 2.45) is 0 Å². The average Bonchev–Trinajstić information content (AvgIpc) is 2.52. The molecule has 0 aliphatic rings. The summed E-state index contributed by atoms with van der Waals surface area (Å²) in [6.45, 7) is 8.04. The van der Waals surface area contributed by atoms with Crippen molar-refractivity contribution < 1.29 is 14.3 Å². The minimum atomic E-state index is -0.563. The van der Waals surface area contributed by atoms with E-state index >= 15 is 0 Å². The quantitative estimate of drug-likeness (QED) is 0.569. The summed E-state index contributed by atoms with van der Waals surface area (Å²) >= 11 is 0. The number of benzene rings is 1. The molecule has 5 nitrogen and oxygen atoms in total. The predicted molar refractivity (Wildman–Crippen MR) is 87.5 cm³/mol. The van der Waals surface area contributed by atoms with Crippen molar-refractivity contribution in [2.75, 3.05) is 13.2 Å². The molecule has 22 heavy (non-hydrogen) atoms. The van der Waals surface area contributed by atoms with Gasteiger partial charge in [-0.2, -0.15) is 0 Å². The number of carbonyl (C=O) groups excluding carboxylic acids is 2. The molecule has 1 rings (SSSR count). The zero-order valence-electron chi connectivity index (χ0n) is 13.0. The molecule has 2 N–H and O–H groups in total. The van der Waals surface area contributed by atoms with E-state index in [0.717, 1.165) is 11.3 Å². The van der Waals surface area contributed by atoms with E-state index in [1.807, 2.05) is 31.2 Å². The van der Waals surface area contributed by atoms with E-state index in [4.69, 9.17) is 4.74 Å². The van der Waals surface area contributed by atoms with Gasteiger partial charge in [0.1, 0.15) is 18.4 Å². The van der Waals surface area contributed by atoms with Gasteiger partial charge < -0.3 is 15.4 Å². The fraction of sp³-hybridized carbons (Fsp3) is 0.294. The van der Waals surface area contributed by atoms with Gasteiger partial charge in [-0.1, -0.05) is 24.8 Å². The van der Waals surface area contributed by atoms with Crippen LogP contribution in [0.1, 0.15) is 19.4 Å². The number of hydrogen-bond donors (Lipinski definition) is 2. The number of rotatable bonds is 8. The van der Waals surface area contributed by atoms with Crippen LogP contribution in [0.3, 0.4) is 0 Å². The molecule has 0 bridgehead atoms. The molecule has 0 saturated heterocycles. The SMILES string of the molecule is C=CCOc1ccc(/C=C/C(=O)N[C@H](C)C(=O)NCC)cc1. The molecule has 0 unspecified atom stereocenters. The Balaban J connectivity index is 2.51. The smallest absolute Gasteiger partial charge is 0.244 e. The highest BCUT2D eigenvalue weighted by atomic mass is 16.5. The van der Waals surface area contributed by atoms with Gasteiger partial charge in [-0.3, -0.25) is 9.59 Å². The first kappa shape index (κ1) is 17.5. The van der Waals surface area contributed by atoms with Crippen molar-refractivity contribution in [3.8, 4) is 5.75 Å². The Hall–Kier alpha value is -2.56. The Bertz CT molecular complexity index is 535. The minimum Gasteiger partial charge on any atom is -0.490 e. The van der Waals surface area contributed by atoms with Crippen LogP contribution in [0.25, 0.3) is 6.08 Å².